The molecule has 0 bridgehead atoms. The summed E-state index contributed by atoms with van der Waals surface area (Å²) in [5.74, 6) is -0.856. The maximum Gasteiger partial charge on any atom is 0.265 e. The molecule has 1 aromatic carbocycles. The molecule has 0 aliphatic carbocycles. The Hall–Kier alpha value is -2.72. The average molecular weight is 455 g/mol. The zero-order chi connectivity index (χ0) is 20.3. The van der Waals surface area contributed by atoms with Crippen molar-refractivity contribution in [1.82, 2.24) is 14.5 Å². The number of rotatable bonds is 6. The van der Waals surface area contributed by atoms with E-state index in [0.29, 0.717) is 16.6 Å². The number of nitrogens with one attached hydrogen (secondary N) is 1. The smallest absolute Gasteiger partial charge is 0.265 e. The number of carbonyl (C=O) groups excluding carboxylic acids is 1. The number of aliphatic hydroxyl groups excluding tert-OH is 1. The van der Waals surface area contributed by atoms with Gasteiger partial charge in [-0.25, -0.2) is 18.2 Å². The van der Waals surface area contributed by atoms with Gasteiger partial charge in [-0.05, 0) is 39.7 Å². The van der Waals surface area contributed by atoms with Crippen LogP contribution in [0.4, 0.5) is 19.0 Å². The third-order valence-electron chi connectivity index (χ3n) is 3.87. The zero-order valence-electron chi connectivity index (χ0n) is 14.2. The van der Waals surface area contributed by atoms with Gasteiger partial charge < -0.3 is 15.0 Å². The molecule has 2 N–H and O–H groups in total. The largest absolute Gasteiger partial charge is 0.390 e. The molecule has 0 radical (unpaired) electrons. The highest BCUT2D eigenvalue weighted by atomic mass is 79.9. The molecule has 0 atom stereocenters. The van der Waals surface area contributed by atoms with Gasteiger partial charge in [-0.15, -0.1) is 0 Å². The number of carbonyl (C=O) groups is 1. The van der Waals surface area contributed by atoms with Gasteiger partial charge in [0, 0.05) is 24.5 Å². The van der Waals surface area contributed by atoms with Crippen LogP contribution in [0.2, 0.25) is 0 Å². The summed E-state index contributed by atoms with van der Waals surface area (Å²) in [6.07, 6.45) is 1.22. The van der Waals surface area contributed by atoms with E-state index < -0.39 is 24.5 Å². The first kappa shape index (κ1) is 20.0. The van der Waals surface area contributed by atoms with Crippen molar-refractivity contribution in [2.75, 3.05) is 5.32 Å². The lowest BCUT2D eigenvalue weighted by Crippen LogP contribution is -2.14. The summed E-state index contributed by atoms with van der Waals surface area (Å²) in [4.78, 5) is 20.0. The fourth-order valence-electron chi connectivity index (χ4n) is 2.50. The Morgan fingerprint density at radius 2 is 2.07 bits per heavy atom. The Morgan fingerprint density at radius 1 is 1.29 bits per heavy atom. The zero-order valence-corrected chi connectivity index (χ0v) is 15.8. The third kappa shape index (κ3) is 4.57. The molecule has 2 heterocycles. The number of alkyl halides is 2. The van der Waals surface area contributed by atoms with E-state index in [2.05, 4.69) is 31.2 Å². The molecule has 0 aliphatic rings. The summed E-state index contributed by atoms with van der Waals surface area (Å²) in [7, 11) is 0. The average Bonchev–Trinajstić information content (AvgIpc) is 3.10. The quantitative estimate of drug-likeness (QED) is 0.591. The highest BCUT2D eigenvalue weighted by molar-refractivity contribution is 9.10. The van der Waals surface area contributed by atoms with Gasteiger partial charge in [-0.3, -0.25) is 9.78 Å². The highest BCUT2D eigenvalue weighted by Crippen LogP contribution is 2.23. The summed E-state index contributed by atoms with van der Waals surface area (Å²) >= 11 is 3.08. The summed E-state index contributed by atoms with van der Waals surface area (Å²) in [6, 6.07) is 5.70. The highest BCUT2D eigenvalue weighted by Gasteiger charge is 2.18. The van der Waals surface area contributed by atoms with E-state index in [4.69, 9.17) is 5.11 Å². The minimum Gasteiger partial charge on any atom is -0.390 e. The topological polar surface area (TPSA) is 80.0 Å². The van der Waals surface area contributed by atoms with Crippen molar-refractivity contribution in [3.63, 3.8) is 0 Å². The van der Waals surface area contributed by atoms with E-state index in [1.807, 2.05) is 0 Å². The van der Waals surface area contributed by atoms with Crippen LogP contribution >= 0.6 is 15.9 Å². The lowest BCUT2D eigenvalue weighted by atomic mass is 10.1. The third-order valence-corrected chi connectivity index (χ3v) is 4.52. The molecular weight excluding hydrogens is 441 g/mol. The predicted octanol–water partition coefficient (Wildman–Crippen LogP) is 3.91. The lowest BCUT2D eigenvalue weighted by molar-refractivity contribution is 0.102. The number of hydrogen-bond donors (Lipinski definition) is 2. The van der Waals surface area contributed by atoms with Crippen molar-refractivity contribution < 1.29 is 23.1 Å². The monoisotopic (exact) mass is 454 g/mol. The molecule has 3 aromatic rings. The molecule has 10 heteroatoms. The molecule has 0 saturated heterocycles. The SMILES string of the molecule is O=C(Nc1cn(Cc2ccc(Br)c(F)c2)cn1)c1cnc(CO)c(C(F)F)c1. The van der Waals surface area contributed by atoms with Crippen LogP contribution in [0.15, 0.2) is 47.5 Å². The van der Waals surface area contributed by atoms with E-state index in [0.717, 1.165) is 12.3 Å². The second-order valence-corrected chi connectivity index (χ2v) is 6.71. The maximum atomic E-state index is 13.6. The van der Waals surface area contributed by atoms with Crippen molar-refractivity contribution in [2.45, 2.75) is 19.6 Å². The molecular formula is C18H14BrF3N4O2. The molecule has 1 amide bonds. The predicted molar refractivity (Wildman–Crippen MR) is 98.5 cm³/mol. The Labute approximate surface area is 166 Å². The molecule has 146 valence electrons. The van der Waals surface area contributed by atoms with E-state index in [1.54, 1.807) is 16.7 Å². The number of benzene rings is 1. The van der Waals surface area contributed by atoms with Crippen LogP contribution in [0, 0.1) is 5.82 Å². The second kappa shape index (κ2) is 8.53. The van der Waals surface area contributed by atoms with E-state index >= 15 is 0 Å². The van der Waals surface area contributed by atoms with Gasteiger partial charge in [0.05, 0.1) is 28.7 Å². The van der Waals surface area contributed by atoms with Crippen molar-refractivity contribution in [1.29, 1.82) is 0 Å². The van der Waals surface area contributed by atoms with Crippen molar-refractivity contribution in [3.05, 3.63) is 75.7 Å². The molecule has 0 unspecified atom stereocenters. The number of hydrogen-bond acceptors (Lipinski definition) is 4. The summed E-state index contributed by atoms with van der Waals surface area (Å²) in [5.41, 5.74) is -0.0751. The van der Waals surface area contributed by atoms with Crippen molar-refractivity contribution in [2.24, 2.45) is 0 Å². The number of aliphatic hydroxyl groups is 1. The Balaban J connectivity index is 1.71. The molecule has 0 aliphatic heterocycles. The first-order valence-corrected chi connectivity index (χ1v) is 8.81. The first-order chi connectivity index (χ1) is 13.4. The standard InChI is InChI=1S/C18H14BrF3N4O2/c19-13-2-1-10(3-14(13)20)6-26-7-16(24-9-26)25-18(28)11-4-12(17(21)22)15(8-27)23-5-11/h1-5,7,9,17,27H,6,8H2,(H,25,28). The molecule has 2 aromatic heterocycles. The fraction of sp³-hybridized carbons (Fsp3) is 0.167. The Morgan fingerprint density at radius 3 is 2.75 bits per heavy atom. The van der Waals surface area contributed by atoms with Gasteiger partial charge in [0.2, 0.25) is 0 Å². The minimum atomic E-state index is -2.87. The molecule has 28 heavy (non-hydrogen) atoms. The van der Waals surface area contributed by atoms with Gasteiger partial charge in [0.25, 0.3) is 12.3 Å². The molecule has 6 nitrogen and oxygen atoms in total. The van der Waals surface area contributed by atoms with E-state index in [-0.39, 0.29) is 22.9 Å². The van der Waals surface area contributed by atoms with Crippen LogP contribution in [0.1, 0.15) is 33.6 Å². The number of anilines is 1. The lowest BCUT2D eigenvalue weighted by Gasteiger charge is -2.08. The van der Waals surface area contributed by atoms with Crippen LogP contribution in [0.5, 0.6) is 0 Å². The molecule has 0 spiro atoms. The number of pyridine rings is 1. The van der Waals surface area contributed by atoms with E-state index in [1.165, 1.54) is 18.6 Å². The Kier molecular flexibility index (Phi) is 6.10. The van der Waals surface area contributed by atoms with Gasteiger partial charge in [-0.2, -0.15) is 0 Å². The Bertz CT molecular complexity index is 1010. The van der Waals surface area contributed by atoms with Crippen LogP contribution in [0.3, 0.4) is 0 Å². The van der Waals surface area contributed by atoms with Crippen LogP contribution < -0.4 is 5.32 Å². The summed E-state index contributed by atoms with van der Waals surface area (Å²) < 4.78 is 41.6. The number of aromatic nitrogens is 3. The van der Waals surface area contributed by atoms with Crippen LogP contribution in [-0.2, 0) is 13.2 Å². The maximum absolute atomic E-state index is 13.6. The van der Waals surface area contributed by atoms with Crippen LogP contribution in [0.25, 0.3) is 0 Å². The first-order valence-electron chi connectivity index (χ1n) is 8.02. The molecule has 0 saturated carbocycles. The van der Waals surface area contributed by atoms with Crippen molar-refractivity contribution >= 4 is 27.7 Å². The van der Waals surface area contributed by atoms with E-state index in [9.17, 15) is 18.0 Å². The second-order valence-electron chi connectivity index (χ2n) is 5.85. The number of halogens is 4. The summed E-state index contributed by atoms with van der Waals surface area (Å²) in [6.45, 7) is -0.321. The number of amides is 1. The molecule has 0 fully saturated rings. The number of nitrogens with zero attached hydrogens (tertiary/aromatic N) is 3. The van der Waals surface area contributed by atoms with Gasteiger partial charge in [-0.1, -0.05) is 6.07 Å². The van der Waals surface area contributed by atoms with Gasteiger partial charge in [0.1, 0.15) is 5.82 Å². The fourth-order valence-corrected chi connectivity index (χ4v) is 2.75. The van der Waals surface area contributed by atoms with Gasteiger partial charge in [0.15, 0.2) is 5.82 Å². The van der Waals surface area contributed by atoms with Crippen LogP contribution in [-0.4, -0.2) is 25.5 Å². The molecule has 3 rings (SSSR count). The number of imidazole rings is 1. The normalized spacial score (nSPS) is 11.1. The minimum absolute atomic E-state index is 0.0861. The van der Waals surface area contributed by atoms with Gasteiger partial charge >= 0.3 is 0 Å². The van der Waals surface area contributed by atoms with Crippen molar-refractivity contribution in [3.8, 4) is 0 Å². The summed E-state index contributed by atoms with van der Waals surface area (Å²) in [5, 5.41) is 11.5.